The van der Waals surface area contributed by atoms with Crippen molar-refractivity contribution in [2.75, 3.05) is 13.1 Å². The van der Waals surface area contributed by atoms with Crippen molar-refractivity contribution in [3.63, 3.8) is 0 Å². The first-order valence-corrected chi connectivity index (χ1v) is 12.2. The molecule has 1 aliphatic carbocycles. The van der Waals surface area contributed by atoms with E-state index in [4.69, 9.17) is 21.8 Å². The number of fused-ring (bicyclic) bond motifs is 1. The van der Waals surface area contributed by atoms with Gasteiger partial charge in [0, 0.05) is 33.3 Å². The number of aromatic nitrogens is 1. The van der Waals surface area contributed by atoms with Gasteiger partial charge in [0.25, 0.3) is 5.91 Å². The van der Waals surface area contributed by atoms with Gasteiger partial charge in [0.1, 0.15) is 6.07 Å². The molecule has 0 bridgehead atoms. The van der Waals surface area contributed by atoms with E-state index in [1.807, 2.05) is 6.07 Å². The second-order valence-electron chi connectivity index (χ2n) is 9.91. The van der Waals surface area contributed by atoms with Crippen LogP contribution in [0.4, 0.5) is 0 Å². The first kappa shape index (κ1) is 20.7. The van der Waals surface area contributed by atoms with Crippen LogP contribution >= 0.6 is 11.6 Å². The number of halogens is 1. The highest BCUT2D eigenvalue weighted by Gasteiger charge is 2.55. The fourth-order valence-electron chi connectivity index (χ4n) is 4.45. The van der Waals surface area contributed by atoms with Gasteiger partial charge in [-0.1, -0.05) is 35.9 Å². The number of carbonyl (C=O) groups is 1. The van der Waals surface area contributed by atoms with Crippen molar-refractivity contribution in [3.8, 4) is 6.07 Å². The Labute approximate surface area is 226 Å². The lowest BCUT2D eigenvalue weighted by Gasteiger charge is -2.40. The molecule has 2 N–H and O–H groups in total. The molecule has 1 aliphatic heterocycles. The molecule has 2 aromatic carbocycles. The SMILES string of the molecule is [2H]C([2H])(O)C1(C([2H])([2H])O[C@]2(c3ccc(Cl)cc3)c3ccc(C(C)(C)O)cc3C(=O)N2Cc2ccc(C#N)cn2)CC1. The average Bonchev–Trinajstić information content (AvgIpc) is 3.71. The Hall–Kier alpha value is -3.28. The summed E-state index contributed by atoms with van der Waals surface area (Å²) in [5.74, 6) is -0.542. The van der Waals surface area contributed by atoms with E-state index in [1.54, 1.807) is 62.4 Å². The molecule has 0 unspecified atom stereocenters. The van der Waals surface area contributed by atoms with Crippen LogP contribution in [-0.2, 0) is 22.6 Å². The number of ether oxygens (including phenoxy) is 1. The molecular formula is C29H28ClN3O4. The number of pyridine rings is 1. The number of hydrogen-bond acceptors (Lipinski definition) is 6. The van der Waals surface area contributed by atoms with Crippen LogP contribution in [0.5, 0.6) is 0 Å². The van der Waals surface area contributed by atoms with Gasteiger partial charge in [0.15, 0.2) is 5.72 Å². The number of amides is 1. The molecule has 7 nitrogen and oxygen atoms in total. The smallest absolute Gasteiger partial charge is 0.257 e. The summed E-state index contributed by atoms with van der Waals surface area (Å²) < 4.78 is 40.4. The van der Waals surface area contributed by atoms with Gasteiger partial charge in [-0.05, 0) is 62.6 Å². The summed E-state index contributed by atoms with van der Waals surface area (Å²) in [4.78, 5) is 19.8. The van der Waals surface area contributed by atoms with Crippen LogP contribution in [0.2, 0.25) is 5.02 Å². The summed E-state index contributed by atoms with van der Waals surface area (Å²) >= 11 is 6.19. The van der Waals surface area contributed by atoms with Gasteiger partial charge < -0.3 is 14.9 Å². The highest BCUT2D eigenvalue weighted by atomic mass is 35.5. The predicted octanol–water partition coefficient (Wildman–Crippen LogP) is 4.48. The maximum atomic E-state index is 14.2. The second-order valence-corrected chi connectivity index (χ2v) is 10.3. The van der Waals surface area contributed by atoms with E-state index in [1.165, 1.54) is 17.2 Å². The van der Waals surface area contributed by atoms with Crippen molar-refractivity contribution >= 4 is 17.5 Å². The van der Waals surface area contributed by atoms with Crippen LogP contribution in [0, 0.1) is 16.7 Å². The maximum absolute atomic E-state index is 14.2. The number of nitrogens with zero attached hydrogens (tertiary/aromatic N) is 3. The Morgan fingerprint density at radius 1 is 1.22 bits per heavy atom. The molecule has 2 heterocycles. The van der Waals surface area contributed by atoms with Crippen LogP contribution < -0.4 is 0 Å². The minimum Gasteiger partial charge on any atom is -0.396 e. The standard InChI is InChI=1S/C29H28ClN3O4/c1-27(2,36)21-6-10-25-24(13-21)26(35)33(16-23-9-3-19(14-31)15-32-23)29(25,20-4-7-22(30)8-5-20)37-18-28(17-34)11-12-28/h3-10,13,15,34,36H,11-12,16-18H2,1-2H3/t29-/m1/s1/i17D2,18D2. The first-order valence-electron chi connectivity index (χ1n) is 13.8. The molecule has 1 atom stereocenters. The monoisotopic (exact) mass is 521 g/mol. The fraction of sp³-hybridized carbons (Fsp3) is 0.345. The summed E-state index contributed by atoms with van der Waals surface area (Å²) in [5.41, 5.74) is -3.22. The minimum atomic E-state index is -2.91. The van der Waals surface area contributed by atoms with Crippen molar-refractivity contribution in [2.24, 2.45) is 5.41 Å². The Morgan fingerprint density at radius 2 is 1.95 bits per heavy atom. The first-order chi connectivity index (χ1) is 19.1. The molecule has 0 saturated heterocycles. The third-order valence-corrected chi connectivity index (χ3v) is 7.07. The summed E-state index contributed by atoms with van der Waals surface area (Å²) in [6.45, 7) is -2.69. The highest BCUT2D eigenvalue weighted by Crippen LogP contribution is 2.51. The van der Waals surface area contributed by atoms with Crippen LogP contribution in [-0.4, -0.2) is 39.1 Å². The molecule has 0 radical (unpaired) electrons. The van der Waals surface area contributed by atoms with Gasteiger partial charge in [0.05, 0.1) is 42.0 Å². The number of rotatable bonds is 8. The van der Waals surface area contributed by atoms with Crippen molar-refractivity contribution in [1.82, 2.24) is 9.88 Å². The normalized spacial score (nSPS) is 22.4. The van der Waals surface area contributed by atoms with E-state index in [2.05, 4.69) is 4.98 Å². The number of carbonyl (C=O) groups excluding carboxylic acids is 1. The van der Waals surface area contributed by atoms with Crippen molar-refractivity contribution < 1.29 is 25.2 Å². The van der Waals surface area contributed by atoms with Gasteiger partial charge in [-0.3, -0.25) is 14.7 Å². The lowest BCUT2D eigenvalue weighted by atomic mass is 9.89. The van der Waals surface area contributed by atoms with Gasteiger partial charge in [-0.25, -0.2) is 0 Å². The Morgan fingerprint density at radius 3 is 2.51 bits per heavy atom. The molecule has 3 aromatic rings. The molecule has 1 amide bonds. The van der Waals surface area contributed by atoms with Crippen LogP contribution in [0.15, 0.2) is 60.8 Å². The quantitative estimate of drug-likeness (QED) is 0.452. The zero-order chi connectivity index (χ0) is 30.0. The highest BCUT2D eigenvalue weighted by molar-refractivity contribution is 6.30. The molecule has 0 spiro atoms. The third-order valence-electron chi connectivity index (χ3n) is 6.81. The maximum Gasteiger partial charge on any atom is 0.257 e. The Balaban J connectivity index is 1.77. The van der Waals surface area contributed by atoms with E-state index in [0.29, 0.717) is 27.4 Å². The average molecular weight is 522 g/mol. The molecule has 1 saturated carbocycles. The predicted molar refractivity (Wildman–Crippen MR) is 137 cm³/mol. The van der Waals surface area contributed by atoms with E-state index >= 15 is 0 Å². The summed E-state index contributed by atoms with van der Waals surface area (Å²) in [6, 6.07) is 16.2. The van der Waals surface area contributed by atoms with E-state index < -0.39 is 35.8 Å². The van der Waals surface area contributed by atoms with Crippen molar-refractivity contribution in [2.45, 2.75) is 44.6 Å². The van der Waals surface area contributed by atoms with Crippen LogP contribution in [0.3, 0.4) is 0 Å². The van der Waals surface area contributed by atoms with E-state index in [-0.39, 0.29) is 30.5 Å². The van der Waals surface area contributed by atoms with Crippen LogP contribution in [0.25, 0.3) is 0 Å². The van der Waals surface area contributed by atoms with Gasteiger partial charge >= 0.3 is 0 Å². The van der Waals surface area contributed by atoms with Gasteiger partial charge in [-0.15, -0.1) is 0 Å². The molecule has 8 heteroatoms. The van der Waals surface area contributed by atoms with Gasteiger partial charge in [-0.2, -0.15) is 5.26 Å². The Bertz CT molecular complexity index is 1540. The largest absolute Gasteiger partial charge is 0.396 e. The molecule has 1 fully saturated rings. The van der Waals surface area contributed by atoms with Crippen molar-refractivity contribution in [3.05, 3.63) is 99.3 Å². The lowest BCUT2D eigenvalue weighted by Crippen LogP contribution is -2.47. The molecule has 190 valence electrons. The molecular weight excluding hydrogens is 490 g/mol. The van der Waals surface area contributed by atoms with E-state index in [9.17, 15) is 20.3 Å². The number of nitriles is 1. The van der Waals surface area contributed by atoms with E-state index in [0.717, 1.165) is 0 Å². The lowest BCUT2D eigenvalue weighted by molar-refractivity contribution is -0.129. The topological polar surface area (TPSA) is 107 Å². The molecule has 37 heavy (non-hydrogen) atoms. The molecule has 5 rings (SSSR count). The van der Waals surface area contributed by atoms with Gasteiger partial charge in [0.2, 0.25) is 0 Å². The second kappa shape index (κ2) is 9.23. The number of benzene rings is 2. The minimum absolute atomic E-state index is 0.0236. The summed E-state index contributed by atoms with van der Waals surface area (Å²) in [6.07, 6.45) is 1.41. The zero-order valence-corrected chi connectivity index (χ0v) is 21.1. The number of aliphatic hydroxyl groups is 2. The Kier molecular flexibility index (Phi) is 5.17. The zero-order valence-electron chi connectivity index (χ0n) is 24.3. The summed E-state index contributed by atoms with van der Waals surface area (Å²) in [5, 5.41) is 30.7. The van der Waals surface area contributed by atoms with Crippen molar-refractivity contribution in [1.29, 1.82) is 5.26 Å². The molecule has 1 aromatic heterocycles. The number of hydrogen-bond donors (Lipinski definition) is 2. The molecule has 2 aliphatic rings. The fourth-order valence-corrected chi connectivity index (χ4v) is 4.58. The van der Waals surface area contributed by atoms with Crippen LogP contribution in [0.1, 0.15) is 70.5 Å². The summed E-state index contributed by atoms with van der Waals surface area (Å²) in [7, 11) is 0. The third kappa shape index (κ3) is 4.51.